The minimum Gasteiger partial charge on any atom is -0.322 e. The second-order valence-electron chi connectivity index (χ2n) is 8.74. The minimum atomic E-state index is -0.0961. The predicted octanol–water partition coefficient (Wildman–Crippen LogP) is 4.67. The second-order valence-corrected chi connectivity index (χ2v) is 9.74. The highest BCUT2D eigenvalue weighted by atomic mass is 32.1. The quantitative estimate of drug-likeness (QED) is 0.616. The number of urea groups is 1. The average molecular weight is 459 g/mol. The van der Waals surface area contributed by atoms with Crippen molar-refractivity contribution < 1.29 is 4.79 Å². The van der Waals surface area contributed by atoms with E-state index in [0.717, 1.165) is 65.7 Å². The fourth-order valence-corrected chi connectivity index (χ4v) is 5.78. The van der Waals surface area contributed by atoms with Gasteiger partial charge in [0.15, 0.2) is 5.13 Å². The van der Waals surface area contributed by atoms with Crippen LogP contribution in [0.25, 0.3) is 21.7 Å². The Kier molecular flexibility index (Phi) is 5.83. The highest BCUT2D eigenvalue weighted by Gasteiger charge is 2.32. The second kappa shape index (κ2) is 8.93. The third-order valence-corrected chi connectivity index (χ3v) is 7.34. The molecule has 168 valence electrons. The lowest BCUT2D eigenvalue weighted by atomic mass is 10.0. The number of fused-ring (bicyclic) bond motifs is 1. The smallest absolute Gasteiger partial charge is 0.322 e. The molecule has 2 fully saturated rings. The lowest BCUT2D eigenvalue weighted by Gasteiger charge is -2.37. The van der Waals surface area contributed by atoms with E-state index in [1.165, 1.54) is 17.8 Å². The van der Waals surface area contributed by atoms with Gasteiger partial charge in [0.05, 0.1) is 22.2 Å². The number of hydrogen-bond donors (Lipinski definition) is 1. The van der Waals surface area contributed by atoms with Crippen molar-refractivity contribution in [2.45, 2.75) is 32.7 Å². The van der Waals surface area contributed by atoms with Gasteiger partial charge in [0.2, 0.25) is 0 Å². The molecular formula is C25H26N6OS. The van der Waals surface area contributed by atoms with Crippen molar-refractivity contribution in [2.75, 3.05) is 31.5 Å². The summed E-state index contributed by atoms with van der Waals surface area (Å²) in [6, 6.07) is 14.1. The first-order valence-electron chi connectivity index (χ1n) is 11.3. The van der Waals surface area contributed by atoms with Gasteiger partial charge in [-0.25, -0.2) is 9.78 Å². The molecule has 0 unspecified atom stereocenters. The molecule has 2 aliphatic heterocycles. The van der Waals surface area contributed by atoms with Crippen LogP contribution in [0, 0.1) is 25.2 Å². The number of pyridine rings is 1. The van der Waals surface area contributed by atoms with Crippen LogP contribution in [0.15, 0.2) is 36.4 Å². The molecule has 1 atom stereocenters. The number of benzene rings is 1. The first-order valence-corrected chi connectivity index (χ1v) is 12.1. The Labute approximate surface area is 197 Å². The van der Waals surface area contributed by atoms with Gasteiger partial charge >= 0.3 is 6.03 Å². The largest absolute Gasteiger partial charge is 0.323 e. The molecule has 0 saturated carbocycles. The Morgan fingerprint density at radius 1 is 1.12 bits per heavy atom. The summed E-state index contributed by atoms with van der Waals surface area (Å²) in [5.41, 5.74) is 5.05. The summed E-state index contributed by atoms with van der Waals surface area (Å²) in [7, 11) is 0. The van der Waals surface area contributed by atoms with E-state index in [2.05, 4.69) is 21.3 Å². The van der Waals surface area contributed by atoms with E-state index in [4.69, 9.17) is 4.98 Å². The zero-order chi connectivity index (χ0) is 22.9. The topological polar surface area (TPSA) is 85.2 Å². The van der Waals surface area contributed by atoms with Gasteiger partial charge in [-0.3, -0.25) is 15.2 Å². The van der Waals surface area contributed by atoms with Gasteiger partial charge in [0.1, 0.15) is 0 Å². The molecule has 1 N–H and O–H groups in total. The zero-order valence-corrected chi connectivity index (χ0v) is 19.7. The Balaban J connectivity index is 1.47. The van der Waals surface area contributed by atoms with Crippen LogP contribution in [0.5, 0.6) is 0 Å². The van der Waals surface area contributed by atoms with Crippen molar-refractivity contribution in [1.29, 1.82) is 5.26 Å². The highest BCUT2D eigenvalue weighted by molar-refractivity contribution is 7.19. The third-order valence-electron chi connectivity index (χ3n) is 6.32. The molecule has 33 heavy (non-hydrogen) atoms. The van der Waals surface area contributed by atoms with Gasteiger partial charge in [-0.1, -0.05) is 23.5 Å². The Hall–Kier alpha value is -3.28. The SMILES string of the molecule is Cc1cc(-c2sc(NC(=O)N3CCN4CCC[C@@H]4C3)nc2-c2cccc(C#N)c2)cc(C)n1. The summed E-state index contributed by atoms with van der Waals surface area (Å²) in [5, 5.41) is 13.0. The molecule has 0 spiro atoms. The zero-order valence-electron chi connectivity index (χ0n) is 18.8. The molecule has 7 nitrogen and oxygen atoms in total. The number of amides is 2. The summed E-state index contributed by atoms with van der Waals surface area (Å²) in [4.78, 5) is 27.7. The average Bonchev–Trinajstić information content (AvgIpc) is 3.45. The molecule has 3 aromatic rings. The number of nitrogens with one attached hydrogen (secondary N) is 1. The molecule has 8 heteroatoms. The van der Waals surface area contributed by atoms with Crippen molar-refractivity contribution in [3.05, 3.63) is 53.3 Å². The number of aryl methyl sites for hydroxylation is 2. The molecule has 2 saturated heterocycles. The summed E-state index contributed by atoms with van der Waals surface area (Å²) in [5.74, 6) is 0. The molecule has 2 aromatic heterocycles. The van der Waals surface area contributed by atoms with Gasteiger partial charge in [-0.2, -0.15) is 5.26 Å². The Morgan fingerprint density at radius 3 is 2.73 bits per heavy atom. The van der Waals surface area contributed by atoms with E-state index in [9.17, 15) is 10.1 Å². The number of piperazine rings is 1. The highest BCUT2D eigenvalue weighted by Crippen LogP contribution is 2.40. The van der Waals surface area contributed by atoms with Gasteiger partial charge in [-0.15, -0.1) is 0 Å². The van der Waals surface area contributed by atoms with Crippen LogP contribution < -0.4 is 5.32 Å². The number of nitriles is 1. The first-order chi connectivity index (χ1) is 16.0. The van der Waals surface area contributed by atoms with E-state index in [-0.39, 0.29) is 6.03 Å². The molecule has 5 rings (SSSR count). The monoisotopic (exact) mass is 458 g/mol. The van der Waals surface area contributed by atoms with E-state index in [1.807, 2.05) is 49.1 Å². The Bertz CT molecular complexity index is 1230. The Morgan fingerprint density at radius 2 is 1.94 bits per heavy atom. The molecule has 0 bridgehead atoms. The number of aromatic nitrogens is 2. The van der Waals surface area contributed by atoms with Crippen molar-refractivity contribution in [1.82, 2.24) is 19.8 Å². The molecule has 4 heterocycles. The fourth-order valence-electron chi connectivity index (χ4n) is 4.81. The first kappa shape index (κ1) is 21.6. The van der Waals surface area contributed by atoms with E-state index >= 15 is 0 Å². The maximum Gasteiger partial charge on any atom is 0.323 e. The predicted molar refractivity (Wildman–Crippen MR) is 130 cm³/mol. The van der Waals surface area contributed by atoms with Gasteiger partial charge in [0.25, 0.3) is 0 Å². The summed E-state index contributed by atoms with van der Waals surface area (Å²) >= 11 is 1.46. The van der Waals surface area contributed by atoms with Crippen molar-refractivity contribution in [3.63, 3.8) is 0 Å². The van der Waals surface area contributed by atoms with Crippen LogP contribution in [0.4, 0.5) is 9.93 Å². The standard InChI is InChI=1S/C25H26N6OS/c1-16-11-20(12-17(2)27-16)23-22(19-6-3-5-18(13-19)14-26)28-24(33-23)29-25(32)31-10-9-30-8-4-7-21(30)15-31/h3,5-6,11-13,21H,4,7-10,15H2,1-2H3,(H,28,29,32)/t21-/m1/s1. The number of thiazole rings is 1. The summed E-state index contributed by atoms with van der Waals surface area (Å²) < 4.78 is 0. The van der Waals surface area contributed by atoms with Gasteiger partial charge in [0, 0.05) is 42.6 Å². The van der Waals surface area contributed by atoms with E-state index in [1.54, 1.807) is 6.07 Å². The fraction of sp³-hybridized carbons (Fsp3) is 0.360. The molecule has 2 amide bonds. The molecule has 0 aliphatic carbocycles. The number of rotatable bonds is 3. The van der Waals surface area contributed by atoms with E-state index in [0.29, 0.717) is 16.7 Å². The number of carbonyl (C=O) groups is 1. The van der Waals surface area contributed by atoms with Crippen LogP contribution in [-0.4, -0.2) is 58.0 Å². The number of hydrogen-bond acceptors (Lipinski definition) is 6. The van der Waals surface area contributed by atoms with E-state index < -0.39 is 0 Å². The van der Waals surface area contributed by atoms with Gasteiger partial charge in [-0.05, 0) is 63.1 Å². The number of anilines is 1. The summed E-state index contributed by atoms with van der Waals surface area (Å²) in [6.45, 7) is 7.52. The lowest BCUT2D eigenvalue weighted by molar-refractivity contribution is 0.124. The maximum absolute atomic E-state index is 13.1. The number of nitrogens with zero attached hydrogens (tertiary/aromatic N) is 5. The normalized spacial score (nSPS) is 18.1. The summed E-state index contributed by atoms with van der Waals surface area (Å²) in [6.07, 6.45) is 2.37. The van der Waals surface area contributed by atoms with Gasteiger partial charge < -0.3 is 4.90 Å². The molecule has 2 aliphatic rings. The number of carbonyl (C=O) groups excluding carboxylic acids is 1. The van der Waals surface area contributed by atoms with Crippen molar-refractivity contribution in [2.24, 2.45) is 0 Å². The van der Waals surface area contributed by atoms with Crippen molar-refractivity contribution >= 4 is 22.5 Å². The van der Waals surface area contributed by atoms with Crippen LogP contribution >= 0.6 is 11.3 Å². The van der Waals surface area contributed by atoms with Crippen LogP contribution in [-0.2, 0) is 0 Å². The van der Waals surface area contributed by atoms with Crippen molar-refractivity contribution in [3.8, 4) is 27.8 Å². The molecular weight excluding hydrogens is 432 g/mol. The molecule has 1 aromatic carbocycles. The maximum atomic E-state index is 13.1. The van der Waals surface area contributed by atoms with Crippen LogP contribution in [0.1, 0.15) is 29.8 Å². The van der Waals surface area contributed by atoms with Crippen LogP contribution in [0.3, 0.4) is 0 Å². The van der Waals surface area contributed by atoms with Crippen LogP contribution in [0.2, 0.25) is 0 Å². The third kappa shape index (κ3) is 4.47. The molecule has 0 radical (unpaired) electrons. The minimum absolute atomic E-state index is 0.0961. The lowest BCUT2D eigenvalue weighted by Crippen LogP contribution is -2.53.